The van der Waals surface area contributed by atoms with Gasteiger partial charge in [-0.2, -0.15) is 0 Å². The van der Waals surface area contributed by atoms with E-state index in [4.69, 9.17) is 0 Å². The van der Waals surface area contributed by atoms with Crippen molar-refractivity contribution in [3.63, 3.8) is 0 Å². The zero-order valence-electron chi connectivity index (χ0n) is 12.2. The zero-order valence-corrected chi connectivity index (χ0v) is 13.1. The largest absolute Gasteiger partial charge is 0.412 e. The second kappa shape index (κ2) is 7.50. The highest BCUT2D eigenvalue weighted by atomic mass is 32.1. The standard InChI is InChI=1S/C16H20FNS.H2O/c1-4-6-12(5-2)13-7-8-14(15(17)9-13)16-18-11(3)10-19-16;/h7-10,12H,4-6H2,1-3H3;1H2/t12-;/m0./s1. The molecule has 2 N–H and O–H groups in total. The summed E-state index contributed by atoms with van der Waals surface area (Å²) in [6.45, 7) is 6.27. The number of rotatable bonds is 5. The predicted molar refractivity (Wildman–Crippen MR) is 83.8 cm³/mol. The lowest BCUT2D eigenvalue weighted by molar-refractivity contribution is 0.582. The number of thiazole rings is 1. The van der Waals surface area contributed by atoms with Crippen LogP contribution in [0, 0.1) is 12.7 Å². The maximum atomic E-state index is 14.2. The van der Waals surface area contributed by atoms with Crippen molar-refractivity contribution in [3.05, 3.63) is 40.7 Å². The van der Waals surface area contributed by atoms with Crippen LogP contribution >= 0.6 is 11.3 Å². The van der Waals surface area contributed by atoms with E-state index >= 15 is 0 Å². The molecule has 2 nitrogen and oxygen atoms in total. The van der Waals surface area contributed by atoms with Gasteiger partial charge in [0.1, 0.15) is 10.8 Å². The third-order valence-corrected chi connectivity index (χ3v) is 4.44. The van der Waals surface area contributed by atoms with Crippen LogP contribution in [-0.4, -0.2) is 10.5 Å². The van der Waals surface area contributed by atoms with E-state index in [1.165, 1.54) is 11.3 Å². The van der Waals surface area contributed by atoms with Gasteiger partial charge >= 0.3 is 0 Å². The monoisotopic (exact) mass is 295 g/mol. The zero-order chi connectivity index (χ0) is 13.8. The van der Waals surface area contributed by atoms with Crippen LogP contribution in [-0.2, 0) is 0 Å². The fourth-order valence-corrected chi connectivity index (χ4v) is 3.22. The fourth-order valence-electron chi connectivity index (χ4n) is 2.39. The van der Waals surface area contributed by atoms with Crippen molar-refractivity contribution < 1.29 is 9.87 Å². The molecule has 110 valence electrons. The molecule has 0 radical (unpaired) electrons. The van der Waals surface area contributed by atoms with Crippen LogP contribution in [0.15, 0.2) is 23.6 Å². The van der Waals surface area contributed by atoms with Crippen LogP contribution in [0.4, 0.5) is 4.39 Å². The van der Waals surface area contributed by atoms with Gasteiger partial charge in [-0.3, -0.25) is 0 Å². The summed E-state index contributed by atoms with van der Waals surface area (Å²) in [4.78, 5) is 4.35. The van der Waals surface area contributed by atoms with Gasteiger partial charge in [-0.05, 0) is 43.4 Å². The molecule has 0 bridgehead atoms. The maximum absolute atomic E-state index is 14.2. The van der Waals surface area contributed by atoms with Crippen LogP contribution in [0.2, 0.25) is 0 Å². The van der Waals surface area contributed by atoms with Gasteiger partial charge in [0, 0.05) is 16.6 Å². The third kappa shape index (κ3) is 3.64. The lowest BCUT2D eigenvalue weighted by atomic mass is 9.91. The molecule has 1 aromatic heterocycles. The number of aromatic nitrogens is 1. The average Bonchev–Trinajstić information content (AvgIpc) is 2.82. The predicted octanol–water partition coefficient (Wildman–Crippen LogP) is 4.73. The van der Waals surface area contributed by atoms with E-state index < -0.39 is 0 Å². The van der Waals surface area contributed by atoms with E-state index in [1.54, 1.807) is 6.07 Å². The summed E-state index contributed by atoms with van der Waals surface area (Å²) in [5.74, 6) is 0.313. The summed E-state index contributed by atoms with van der Waals surface area (Å²) in [7, 11) is 0. The van der Waals surface area contributed by atoms with E-state index in [9.17, 15) is 4.39 Å². The summed E-state index contributed by atoms with van der Waals surface area (Å²) in [6.07, 6.45) is 3.31. The van der Waals surface area contributed by atoms with Gasteiger partial charge in [-0.25, -0.2) is 9.37 Å². The maximum Gasteiger partial charge on any atom is 0.133 e. The Morgan fingerprint density at radius 2 is 2.05 bits per heavy atom. The molecule has 2 rings (SSSR count). The van der Waals surface area contributed by atoms with E-state index in [2.05, 4.69) is 24.9 Å². The normalized spacial score (nSPS) is 12.0. The minimum atomic E-state index is -0.151. The highest BCUT2D eigenvalue weighted by molar-refractivity contribution is 7.13. The van der Waals surface area contributed by atoms with Crippen molar-refractivity contribution in [2.75, 3.05) is 0 Å². The quantitative estimate of drug-likeness (QED) is 0.786. The number of aryl methyl sites for hydroxylation is 1. The molecule has 1 heterocycles. The van der Waals surface area contributed by atoms with Gasteiger partial charge in [0.05, 0.1) is 0 Å². The van der Waals surface area contributed by atoms with Crippen LogP contribution in [0.1, 0.15) is 50.3 Å². The SMILES string of the molecule is CCC[C@H](CC)c1ccc(-c2nc(C)cs2)c(F)c1.O. The highest BCUT2D eigenvalue weighted by Gasteiger charge is 2.13. The molecule has 0 aliphatic heterocycles. The Kier molecular flexibility index (Phi) is 6.30. The van der Waals surface area contributed by atoms with Crippen LogP contribution in [0.3, 0.4) is 0 Å². The van der Waals surface area contributed by atoms with Crippen LogP contribution in [0.5, 0.6) is 0 Å². The molecule has 0 aliphatic rings. The number of hydrogen-bond acceptors (Lipinski definition) is 2. The fraction of sp³-hybridized carbons (Fsp3) is 0.438. The molecule has 0 aliphatic carbocycles. The first-order chi connectivity index (χ1) is 9.15. The highest BCUT2D eigenvalue weighted by Crippen LogP contribution is 2.31. The number of benzene rings is 1. The Labute approximate surface area is 124 Å². The summed E-state index contributed by atoms with van der Waals surface area (Å²) in [5, 5.41) is 2.72. The first kappa shape index (κ1) is 16.8. The summed E-state index contributed by atoms with van der Waals surface area (Å²) >= 11 is 1.50. The second-order valence-electron chi connectivity index (χ2n) is 4.93. The molecule has 0 amide bonds. The van der Waals surface area contributed by atoms with Crippen molar-refractivity contribution >= 4 is 11.3 Å². The van der Waals surface area contributed by atoms with Crippen molar-refractivity contribution in [2.45, 2.75) is 46.0 Å². The molecule has 1 aromatic carbocycles. The van der Waals surface area contributed by atoms with Crippen molar-refractivity contribution in [1.82, 2.24) is 4.98 Å². The molecule has 0 spiro atoms. The average molecular weight is 295 g/mol. The summed E-state index contributed by atoms with van der Waals surface area (Å²) < 4.78 is 14.2. The topological polar surface area (TPSA) is 44.4 Å². The van der Waals surface area contributed by atoms with Gasteiger partial charge in [0.2, 0.25) is 0 Å². The van der Waals surface area contributed by atoms with Gasteiger partial charge in [0.15, 0.2) is 0 Å². The molecule has 20 heavy (non-hydrogen) atoms. The van der Waals surface area contributed by atoms with Crippen LogP contribution < -0.4 is 0 Å². The van der Waals surface area contributed by atoms with Crippen LogP contribution in [0.25, 0.3) is 10.6 Å². The Morgan fingerprint density at radius 1 is 1.30 bits per heavy atom. The Bertz CT molecular complexity index is 553. The smallest absolute Gasteiger partial charge is 0.133 e. The molecule has 1 atom stereocenters. The Hall–Kier alpha value is -1.26. The third-order valence-electron chi connectivity index (χ3n) is 3.44. The van der Waals surface area contributed by atoms with Gasteiger partial charge in [-0.15, -0.1) is 11.3 Å². The van der Waals surface area contributed by atoms with Crippen molar-refractivity contribution in [3.8, 4) is 10.6 Å². The lowest BCUT2D eigenvalue weighted by Gasteiger charge is -2.15. The second-order valence-corrected chi connectivity index (χ2v) is 5.79. The minimum absolute atomic E-state index is 0. The van der Waals surface area contributed by atoms with E-state index in [1.807, 2.05) is 18.4 Å². The number of hydrogen-bond donors (Lipinski definition) is 0. The first-order valence-electron chi connectivity index (χ1n) is 6.87. The first-order valence-corrected chi connectivity index (χ1v) is 7.75. The van der Waals surface area contributed by atoms with Gasteiger partial charge in [0.25, 0.3) is 0 Å². The van der Waals surface area contributed by atoms with Gasteiger partial charge in [-0.1, -0.05) is 26.3 Å². The minimum Gasteiger partial charge on any atom is -0.412 e. The van der Waals surface area contributed by atoms with Gasteiger partial charge < -0.3 is 5.48 Å². The Morgan fingerprint density at radius 3 is 2.55 bits per heavy atom. The molecule has 0 unspecified atom stereocenters. The molecule has 0 saturated carbocycles. The van der Waals surface area contributed by atoms with Crippen molar-refractivity contribution in [1.29, 1.82) is 0 Å². The van der Waals surface area contributed by atoms with E-state index in [0.29, 0.717) is 11.5 Å². The molecular weight excluding hydrogens is 273 g/mol. The molecule has 0 fully saturated rings. The summed E-state index contributed by atoms with van der Waals surface area (Å²) in [6, 6.07) is 5.62. The molecule has 4 heteroatoms. The number of halogens is 1. The van der Waals surface area contributed by atoms with E-state index in [0.717, 1.165) is 35.5 Å². The lowest BCUT2D eigenvalue weighted by Crippen LogP contribution is -1.98. The van der Waals surface area contributed by atoms with E-state index in [-0.39, 0.29) is 11.3 Å². The summed E-state index contributed by atoms with van der Waals surface area (Å²) in [5.41, 5.74) is 2.67. The van der Waals surface area contributed by atoms with Crippen molar-refractivity contribution in [2.24, 2.45) is 0 Å². The number of nitrogens with zero attached hydrogens (tertiary/aromatic N) is 1. The molecule has 0 saturated heterocycles. The molecule has 2 aromatic rings. The molecular formula is C16H22FNOS. The Balaban J connectivity index is 0.00000200.